The number of fused-ring (bicyclic) bond motifs is 3. The third-order valence-corrected chi connectivity index (χ3v) is 4.19. The first kappa shape index (κ1) is 13.2. The number of hydrogen-bond acceptors (Lipinski definition) is 0. The van der Waals surface area contributed by atoms with Gasteiger partial charge in [0.25, 0.3) is 0 Å². The van der Waals surface area contributed by atoms with Crippen LogP contribution < -0.4 is 0 Å². The molecular formula is C20H21. The summed E-state index contributed by atoms with van der Waals surface area (Å²) in [5.41, 5.74) is 7.31. The highest BCUT2D eigenvalue weighted by molar-refractivity contribution is 5.76. The number of allylic oxidation sites excluding steroid dienone is 1. The van der Waals surface area contributed by atoms with Crippen LogP contribution in [0.3, 0.4) is 0 Å². The lowest BCUT2D eigenvalue weighted by Crippen LogP contribution is -1.89. The zero-order chi connectivity index (χ0) is 13.8. The first-order valence-electron chi connectivity index (χ1n) is 7.62. The van der Waals surface area contributed by atoms with E-state index >= 15 is 0 Å². The highest BCUT2D eigenvalue weighted by Gasteiger charge is 2.17. The van der Waals surface area contributed by atoms with Crippen LogP contribution in [0.2, 0.25) is 0 Å². The summed E-state index contributed by atoms with van der Waals surface area (Å²) in [6, 6.07) is 15.8. The summed E-state index contributed by atoms with van der Waals surface area (Å²) in [5, 5.41) is 0. The topological polar surface area (TPSA) is 0 Å². The predicted octanol–water partition coefficient (Wildman–Crippen LogP) is 5.35. The highest BCUT2D eigenvalue weighted by atomic mass is 14.2. The van der Waals surface area contributed by atoms with E-state index < -0.39 is 0 Å². The van der Waals surface area contributed by atoms with Crippen LogP contribution in [0.5, 0.6) is 0 Å². The zero-order valence-electron chi connectivity index (χ0n) is 11.9. The number of rotatable bonds is 6. The first-order chi connectivity index (χ1) is 9.88. The van der Waals surface area contributed by atoms with Gasteiger partial charge in [-0.15, -0.1) is 0 Å². The molecule has 0 amide bonds. The predicted molar refractivity (Wildman–Crippen MR) is 85.7 cm³/mol. The number of hydrogen-bond donors (Lipinski definition) is 0. The summed E-state index contributed by atoms with van der Waals surface area (Å²) in [6.45, 7) is 5.40. The standard InChI is InChI=1S/C20H21/c1-2-3-4-5-6-9-16-12-13-20-18(14-16)15-17-10-7-8-11-19(17)20/h1-2,7-8,10-14H,3-6,9,15H2. The van der Waals surface area contributed by atoms with E-state index in [0.29, 0.717) is 0 Å². The van der Waals surface area contributed by atoms with Crippen LogP contribution in [0.25, 0.3) is 11.1 Å². The molecule has 0 heterocycles. The Morgan fingerprint density at radius 2 is 1.75 bits per heavy atom. The average Bonchev–Trinajstić information content (AvgIpc) is 2.84. The van der Waals surface area contributed by atoms with Crippen LogP contribution in [0, 0.1) is 6.58 Å². The van der Waals surface area contributed by atoms with Gasteiger partial charge in [0, 0.05) is 0 Å². The fraction of sp³-hybridized carbons (Fsp3) is 0.300. The van der Waals surface area contributed by atoms with Gasteiger partial charge in [0.2, 0.25) is 0 Å². The smallest absolute Gasteiger partial charge is 0.00134 e. The van der Waals surface area contributed by atoms with Gasteiger partial charge < -0.3 is 0 Å². The van der Waals surface area contributed by atoms with Gasteiger partial charge in [-0.3, -0.25) is 0 Å². The molecule has 1 aliphatic carbocycles. The quantitative estimate of drug-likeness (QED) is 0.525. The van der Waals surface area contributed by atoms with Crippen molar-refractivity contribution < 1.29 is 0 Å². The van der Waals surface area contributed by atoms with E-state index in [0.717, 1.165) is 12.8 Å². The fourth-order valence-electron chi connectivity index (χ4n) is 3.12. The minimum absolute atomic E-state index is 1.04. The van der Waals surface area contributed by atoms with Crippen molar-refractivity contribution in [3.8, 4) is 11.1 Å². The van der Waals surface area contributed by atoms with Crippen molar-refractivity contribution in [2.45, 2.75) is 38.5 Å². The van der Waals surface area contributed by atoms with E-state index in [1.54, 1.807) is 6.08 Å². The van der Waals surface area contributed by atoms with Crippen molar-refractivity contribution in [2.75, 3.05) is 0 Å². The van der Waals surface area contributed by atoms with E-state index in [2.05, 4.69) is 42.5 Å². The summed E-state index contributed by atoms with van der Waals surface area (Å²) < 4.78 is 0. The van der Waals surface area contributed by atoms with Gasteiger partial charge in [-0.25, -0.2) is 0 Å². The molecule has 0 spiro atoms. The number of unbranched alkanes of at least 4 members (excludes halogenated alkanes) is 3. The molecule has 0 saturated carbocycles. The van der Waals surface area contributed by atoms with E-state index in [1.807, 2.05) is 0 Å². The molecule has 0 nitrogen and oxygen atoms in total. The van der Waals surface area contributed by atoms with Gasteiger partial charge in [0.1, 0.15) is 0 Å². The van der Waals surface area contributed by atoms with Crippen molar-refractivity contribution in [2.24, 2.45) is 0 Å². The van der Waals surface area contributed by atoms with E-state index in [-0.39, 0.29) is 0 Å². The monoisotopic (exact) mass is 261 g/mol. The minimum Gasteiger partial charge on any atom is -0.0845 e. The van der Waals surface area contributed by atoms with Crippen molar-refractivity contribution in [3.63, 3.8) is 0 Å². The maximum Gasteiger partial charge on any atom is -0.00134 e. The molecule has 0 N–H and O–H groups in total. The second-order valence-corrected chi connectivity index (χ2v) is 5.66. The third-order valence-electron chi connectivity index (χ3n) is 4.19. The maximum atomic E-state index is 5.40. The highest BCUT2D eigenvalue weighted by Crippen LogP contribution is 2.36. The van der Waals surface area contributed by atoms with Crippen molar-refractivity contribution in [1.29, 1.82) is 0 Å². The summed E-state index contributed by atoms with van der Waals surface area (Å²) >= 11 is 0. The molecule has 0 saturated heterocycles. The summed E-state index contributed by atoms with van der Waals surface area (Å²) in [6.07, 6.45) is 8.85. The second kappa shape index (κ2) is 6.09. The Hall–Kier alpha value is -1.82. The van der Waals surface area contributed by atoms with Gasteiger partial charge in [0.05, 0.1) is 0 Å². The number of aryl methyl sites for hydroxylation is 1. The van der Waals surface area contributed by atoms with E-state index in [1.165, 1.54) is 53.5 Å². The molecule has 0 atom stereocenters. The molecule has 0 aromatic heterocycles. The molecule has 0 heteroatoms. The lowest BCUT2D eigenvalue weighted by molar-refractivity contribution is 0.687. The lowest BCUT2D eigenvalue weighted by atomic mass is 10.00. The molecule has 20 heavy (non-hydrogen) atoms. The van der Waals surface area contributed by atoms with Crippen molar-refractivity contribution in [1.82, 2.24) is 0 Å². The Balaban J connectivity index is 1.66. The lowest BCUT2D eigenvalue weighted by Gasteiger charge is -2.05. The largest absolute Gasteiger partial charge is 0.0845 e. The van der Waals surface area contributed by atoms with Gasteiger partial charge in [-0.2, -0.15) is 0 Å². The summed E-state index contributed by atoms with van der Waals surface area (Å²) in [4.78, 5) is 0. The Morgan fingerprint density at radius 1 is 0.900 bits per heavy atom. The molecule has 1 aliphatic rings. The molecule has 0 bridgehead atoms. The van der Waals surface area contributed by atoms with Crippen LogP contribution in [0.1, 0.15) is 42.4 Å². The molecule has 1 radical (unpaired) electrons. The second-order valence-electron chi connectivity index (χ2n) is 5.66. The maximum absolute atomic E-state index is 5.40. The Labute approximate surface area is 122 Å². The minimum atomic E-state index is 1.04. The van der Waals surface area contributed by atoms with Crippen LogP contribution in [0.15, 0.2) is 48.5 Å². The molecule has 0 fully saturated rings. The third kappa shape index (κ3) is 2.70. The molecule has 3 rings (SSSR count). The number of benzene rings is 2. The molecule has 0 aliphatic heterocycles. The first-order valence-corrected chi connectivity index (χ1v) is 7.62. The van der Waals surface area contributed by atoms with Crippen LogP contribution >= 0.6 is 0 Å². The normalized spacial score (nSPS) is 12.0. The molecule has 101 valence electrons. The van der Waals surface area contributed by atoms with E-state index in [9.17, 15) is 0 Å². The van der Waals surface area contributed by atoms with Crippen molar-refractivity contribution >= 4 is 0 Å². The zero-order valence-corrected chi connectivity index (χ0v) is 11.9. The summed E-state index contributed by atoms with van der Waals surface area (Å²) in [7, 11) is 0. The molecule has 2 aromatic rings. The average molecular weight is 261 g/mol. The Morgan fingerprint density at radius 3 is 2.65 bits per heavy atom. The van der Waals surface area contributed by atoms with Gasteiger partial charge >= 0.3 is 0 Å². The Kier molecular flexibility index (Phi) is 4.01. The molecule has 0 unspecified atom stereocenters. The SMILES string of the molecule is [CH]=CCCCCCc1ccc2c(c1)Cc1ccccc1-2. The van der Waals surface area contributed by atoms with Crippen LogP contribution in [0.4, 0.5) is 0 Å². The van der Waals surface area contributed by atoms with Gasteiger partial charge in [0.15, 0.2) is 0 Å². The van der Waals surface area contributed by atoms with Crippen LogP contribution in [-0.2, 0) is 12.8 Å². The summed E-state index contributed by atoms with van der Waals surface area (Å²) in [5.74, 6) is 0. The Bertz CT molecular complexity index is 607. The van der Waals surface area contributed by atoms with Gasteiger partial charge in [-0.05, 0) is 59.9 Å². The van der Waals surface area contributed by atoms with Crippen LogP contribution in [-0.4, -0.2) is 0 Å². The molecular weight excluding hydrogens is 240 g/mol. The fourth-order valence-corrected chi connectivity index (χ4v) is 3.12. The molecule has 2 aromatic carbocycles. The van der Waals surface area contributed by atoms with Gasteiger partial charge in [-0.1, -0.05) is 61.5 Å². The van der Waals surface area contributed by atoms with E-state index in [4.69, 9.17) is 6.58 Å². The van der Waals surface area contributed by atoms with Crippen molar-refractivity contribution in [3.05, 3.63) is 71.8 Å².